The number of hydrogen-bond donors (Lipinski definition) is 1. The summed E-state index contributed by atoms with van der Waals surface area (Å²) in [5.41, 5.74) is 0. The lowest BCUT2D eigenvalue weighted by Crippen LogP contribution is -2.42. The van der Waals surface area contributed by atoms with E-state index in [2.05, 4.69) is 11.8 Å². The molecule has 0 spiro atoms. The highest BCUT2D eigenvalue weighted by Gasteiger charge is 2.42. The predicted octanol–water partition coefficient (Wildman–Crippen LogP) is 1.44. The van der Waals surface area contributed by atoms with Crippen LogP contribution in [0.3, 0.4) is 0 Å². The van der Waals surface area contributed by atoms with E-state index in [-0.39, 0.29) is 0 Å². The highest BCUT2D eigenvalue weighted by molar-refractivity contribution is 5.67. The van der Waals surface area contributed by atoms with Gasteiger partial charge in [-0.25, -0.2) is 0 Å². The Balaban J connectivity index is 1.99. The van der Waals surface area contributed by atoms with Gasteiger partial charge in [-0.2, -0.15) is 0 Å². The summed E-state index contributed by atoms with van der Waals surface area (Å²) in [6.07, 6.45) is 2.89. The van der Waals surface area contributed by atoms with Crippen LogP contribution in [-0.4, -0.2) is 35.6 Å². The Morgan fingerprint density at radius 1 is 1.36 bits per heavy atom. The molecule has 2 unspecified atom stereocenters. The van der Waals surface area contributed by atoms with Gasteiger partial charge in [-0.15, -0.1) is 0 Å². The number of rotatable bonds is 3. The Morgan fingerprint density at radius 3 is 2.36 bits per heavy atom. The molecule has 3 nitrogen and oxygen atoms in total. The van der Waals surface area contributed by atoms with Crippen molar-refractivity contribution in [3.05, 3.63) is 0 Å². The molecule has 0 aromatic carbocycles. The van der Waals surface area contributed by atoms with Gasteiger partial charge in [0, 0.05) is 19.5 Å². The Hall–Kier alpha value is -0.570. The van der Waals surface area contributed by atoms with Crippen molar-refractivity contribution in [1.29, 1.82) is 0 Å². The van der Waals surface area contributed by atoms with Crippen molar-refractivity contribution in [3.8, 4) is 0 Å². The first kappa shape index (κ1) is 9.97. The minimum Gasteiger partial charge on any atom is -0.481 e. The Bertz CT molecular complexity index is 215. The Labute approximate surface area is 85.1 Å². The van der Waals surface area contributed by atoms with Crippen molar-refractivity contribution in [2.45, 2.75) is 26.2 Å². The molecule has 2 aliphatic rings. The zero-order chi connectivity index (χ0) is 10.1. The van der Waals surface area contributed by atoms with E-state index in [1.807, 2.05) is 0 Å². The molecule has 14 heavy (non-hydrogen) atoms. The third-order valence-electron chi connectivity index (χ3n) is 3.96. The first-order chi connectivity index (χ1) is 6.70. The molecule has 2 bridgehead atoms. The number of carbonyl (C=O) groups is 1. The molecule has 0 aromatic heterocycles. The van der Waals surface area contributed by atoms with E-state index in [4.69, 9.17) is 5.11 Å². The molecule has 1 saturated carbocycles. The number of fused-ring (bicyclic) bond motifs is 2. The molecule has 2 fully saturated rings. The van der Waals surface area contributed by atoms with E-state index in [0.29, 0.717) is 24.2 Å². The van der Waals surface area contributed by atoms with E-state index < -0.39 is 5.97 Å². The van der Waals surface area contributed by atoms with Crippen LogP contribution in [0.4, 0.5) is 0 Å². The van der Waals surface area contributed by atoms with Crippen LogP contribution < -0.4 is 0 Å². The van der Waals surface area contributed by atoms with E-state index in [1.54, 1.807) is 0 Å². The SMILES string of the molecule is CCN1CC2CCC(C1)C2CC(=O)O. The van der Waals surface area contributed by atoms with Gasteiger partial charge in [0.15, 0.2) is 0 Å². The van der Waals surface area contributed by atoms with Crippen LogP contribution in [0.1, 0.15) is 26.2 Å². The fourth-order valence-electron chi connectivity index (χ4n) is 3.23. The number of nitrogens with zero attached hydrogens (tertiary/aromatic N) is 1. The van der Waals surface area contributed by atoms with Gasteiger partial charge in [0.05, 0.1) is 0 Å². The number of carboxylic acid groups (broad SMARTS) is 1. The minimum atomic E-state index is -0.614. The summed E-state index contributed by atoms with van der Waals surface area (Å²) in [7, 11) is 0. The quantitative estimate of drug-likeness (QED) is 0.744. The van der Waals surface area contributed by atoms with Crippen molar-refractivity contribution >= 4 is 5.97 Å². The van der Waals surface area contributed by atoms with E-state index in [9.17, 15) is 4.79 Å². The molecular weight excluding hydrogens is 178 g/mol. The summed E-state index contributed by atoms with van der Waals surface area (Å²) in [6.45, 7) is 5.57. The number of hydrogen-bond acceptors (Lipinski definition) is 2. The summed E-state index contributed by atoms with van der Waals surface area (Å²) in [4.78, 5) is 13.2. The number of piperidine rings is 1. The summed E-state index contributed by atoms with van der Waals surface area (Å²) in [5, 5.41) is 8.84. The van der Waals surface area contributed by atoms with E-state index in [0.717, 1.165) is 19.6 Å². The van der Waals surface area contributed by atoms with Crippen molar-refractivity contribution in [2.24, 2.45) is 17.8 Å². The van der Waals surface area contributed by atoms with Crippen LogP contribution in [0.25, 0.3) is 0 Å². The highest BCUT2D eigenvalue weighted by Crippen LogP contribution is 2.43. The van der Waals surface area contributed by atoms with Gasteiger partial charge in [0.2, 0.25) is 0 Å². The van der Waals surface area contributed by atoms with Crippen LogP contribution in [0, 0.1) is 17.8 Å². The van der Waals surface area contributed by atoms with Crippen molar-refractivity contribution in [2.75, 3.05) is 19.6 Å². The van der Waals surface area contributed by atoms with E-state index in [1.165, 1.54) is 12.8 Å². The molecule has 0 radical (unpaired) electrons. The van der Waals surface area contributed by atoms with Gasteiger partial charge in [-0.3, -0.25) is 4.79 Å². The summed E-state index contributed by atoms with van der Waals surface area (Å²) < 4.78 is 0. The third-order valence-corrected chi connectivity index (χ3v) is 3.96. The molecule has 1 aliphatic heterocycles. The van der Waals surface area contributed by atoms with Crippen LogP contribution >= 0.6 is 0 Å². The van der Waals surface area contributed by atoms with Gasteiger partial charge < -0.3 is 10.0 Å². The van der Waals surface area contributed by atoms with E-state index >= 15 is 0 Å². The number of likely N-dealkylation sites (tertiary alicyclic amines) is 1. The first-order valence-electron chi connectivity index (χ1n) is 5.64. The van der Waals surface area contributed by atoms with Crippen LogP contribution in [0.2, 0.25) is 0 Å². The van der Waals surface area contributed by atoms with Crippen LogP contribution in [0.5, 0.6) is 0 Å². The van der Waals surface area contributed by atoms with Gasteiger partial charge in [-0.1, -0.05) is 6.92 Å². The van der Waals surface area contributed by atoms with Crippen molar-refractivity contribution in [1.82, 2.24) is 4.90 Å². The molecule has 1 N–H and O–H groups in total. The maximum absolute atomic E-state index is 10.7. The molecule has 1 saturated heterocycles. The van der Waals surface area contributed by atoms with Gasteiger partial charge in [0.25, 0.3) is 0 Å². The first-order valence-corrected chi connectivity index (χ1v) is 5.64. The normalized spacial score (nSPS) is 37.4. The topological polar surface area (TPSA) is 40.5 Å². The summed E-state index contributed by atoms with van der Waals surface area (Å²) >= 11 is 0. The monoisotopic (exact) mass is 197 g/mol. The average molecular weight is 197 g/mol. The zero-order valence-electron chi connectivity index (χ0n) is 8.78. The molecule has 80 valence electrons. The molecule has 1 aliphatic carbocycles. The summed E-state index contributed by atoms with van der Waals surface area (Å²) in [6, 6.07) is 0. The Kier molecular flexibility index (Phi) is 2.77. The third kappa shape index (κ3) is 1.78. The molecule has 0 amide bonds. The second kappa shape index (κ2) is 3.89. The Morgan fingerprint density at radius 2 is 1.93 bits per heavy atom. The van der Waals surface area contributed by atoms with Crippen LogP contribution in [-0.2, 0) is 4.79 Å². The maximum atomic E-state index is 10.7. The summed E-state index contributed by atoms with van der Waals surface area (Å²) in [5.74, 6) is 1.17. The number of carboxylic acids is 1. The highest BCUT2D eigenvalue weighted by atomic mass is 16.4. The smallest absolute Gasteiger partial charge is 0.303 e. The fourth-order valence-corrected chi connectivity index (χ4v) is 3.23. The van der Waals surface area contributed by atoms with Gasteiger partial charge >= 0.3 is 5.97 Å². The standard InChI is InChI=1S/C11H19NO2/c1-2-12-6-8-3-4-9(7-12)10(8)5-11(13)14/h8-10H,2-7H2,1H3,(H,13,14). The van der Waals surface area contributed by atoms with Crippen LogP contribution in [0.15, 0.2) is 0 Å². The average Bonchev–Trinajstić information content (AvgIpc) is 2.38. The predicted molar refractivity (Wildman–Crippen MR) is 54.1 cm³/mol. The molecule has 2 rings (SSSR count). The maximum Gasteiger partial charge on any atom is 0.303 e. The lowest BCUT2D eigenvalue weighted by atomic mass is 9.83. The molecule has 3 heteroatoms. The number of aliphatic carboxylic acids is 1. The van der Waals surface area contributed by atoms with Gasteiger partial charge in [-0.05, 0) is 37.1 Å². The lowest BCUT2D eigenvalue weighted by molar-refractivity contribution is -0.139. The fraction of sp³-hybridized carbons (Fsp3) is 0.909. The lowest BCUT2D eigenvalue weighted by Gasteiger charge is -2.36. The second-order valence-electron chi connectivity index (χ2n) is 4.71. The molecular formula is C11H19NO2. The van der Waals surface area contributed by atoms with Crippen molar-refractivity contribution < 1.29 is 9.90 Å². The van der Waals surface area contributed by atoms with Gasteiger partial charge in [0.1, 0.15) is 0 Å². The molecule has 0 aromatic rings. The minimum absolute atomic E-state index is 0.396. The van der Waals surface area contributed by atoms with Crippen molar-refractivity contribution in [3.63, 3.8) is 0 Å². The molecule has 1 heterocycles. The largest absolute Gasteiger partial charge is 0.481 e. The molecule has 2 atom stereocenters. The zero-order valence-corrected chi connectivity index (χ0v) is 8.78. The second-order valence-corrected chi connectivity index (χ2v) is 4.71.